The van der Waals surface area contributed by atoms with E-state index in [2.05, 4.69) is 25.7 Å². The number of ether oxygens (including phenoxy) is 3. The van der Waals surface area contributed by atoms with Crippen molar-refractivity contribution in [3.05, 3.63) is 34.2 Å². The largest absolute Gasteiger partial charge is 0.444 e. The molecule has 39 heavy (non-hydrogen) atoms. The number of fused-ring (bicyclic) bond motifs is 1. The highest BCUT2D eigenvalue weighted by molar-refractivity contribution is 6.76. The molecular formula is C29H46FN3O5Si. The quantitative estimate of drug-likeness (QED) is 0.297. The van der Waals surface area contributed by atoms with Crippen LogP contribution < -0.4 is 5.69 Å². The fraction of sp³-hybridized carbons (Fsp3) is 0.724. The van der Waals surface area contributed by atoms with E-state index in [1.807, 2.05) is 19.2 Å². The zero-order valence-electron chi connectivity index (χ0n) is 24.7. The highest BCUT2D eigenvalue weighted by Gasteiger charge is 2.37. The topological polar surface area (TPSA) is 74.9 Å². The molecule has 8 nitrogen and oxygen atoms in total. The van der Waals surface area contributed by atoms with Crippen LogP contribution in [-0.2, 0) is 28.0 Å². The molecule has 2 heterocycles. The number of nitrogens with zero attached hydrogens (tertiary/aromatic N) is 3. The van der Waals surface area contributed by atoms with Crippen LogP contribution in [0.25, 0.3) is 11.0 Å². The van der Waals surface area contributed by atoms with E-state index in [1.54, 1.807) is 29.9 Å². The van der Waals surface area contributed by atoms with Crippen molar-refractivity contribution >= 4 is 25.2 Å². The minimum atomic E-state index is -1.22. The van der Waals surface area contributed by atoms with E-state index in [4.69, 9.17) is 14.2 Å². The molecule has 2 fully saturated rings. The SMILES string of the molecule is Cn1c(=O)n(COCC[Si](C)(C)C)c2cccc(C3CC(CO[C@H]4CCN(C(=O)OC(C)(C)C)C[C@@H]4F)C3)c21. The Morgan fingerprint density at radius 2 is 1.90 bits per heavy atom. The van der Waals surface area contributed by atoms with E-state index in [0.29, 0.717) is 38.0 Å². The van der Waals surface area contributed by atoms with E-state index < -0.39 is 32.0 Å². The van der Waals surface area contributed by atoms with Crippen molar-refractivity contribution in [3.8, 4) is 0 Å². The van der Waals surface area contributed by atoms with Gasteiger partial charge in [-0.25, -0.2) is 14.0 Å². The fourth-order valence-corrected chi connectivity index (χ4v) is 6.21. The summed E-state index contributed by atoms with van der Waals surface area (Å²) in [6.07, 6.45) is 0.157. The standard InChI is InChI=1S/C29H46FN3O5Si/c1-29(2,3)38-28(35)32-12-11-25(23(30)17-32)37-18-20-15-21(16-20)22-9-8-10-24-26(22)31(4)27(34)33(24)19-36-13-14-39(5,6)7/h8-10,20-21,23,25H,11-19H2,1-7H3/t20?,21?,23-,25-/m0/s1. The number of benzene rings is 1. The summed E-state index contributed by atoms with van der Waals surface area (Å²) in [5.74, 6) is 0.692. The summed E-state index contributed by atoms with van der Waals surface area (Å²) in [5, 5.41) is 0. The second-order valence-electron chi connectivity index (χ2n) is 13.5. The first-order valence-corrected chi connectivity index (χ1v) is 17.9. The average Bonchev–Trinajstić information content (AvgIpc) is 3.05. The number of aromatic nitrogens is 2. The third-order valence-corrected chi connectivity index (χ3v) is 9.47. The van der Waals surface area contributed by atoms with Gasteiger partial charge in [0.05, 0.1) is 23.7 Å². The number of rotatable bonds is 9. The summed E-state index contributed by atoms with van der Waals surface area (Å²) in [4.78, 5) is 26.7. The molecule has 0 radical (unpaired) electrons. The molecule has 1 aliphatic heterocycles. The predicted octanol–water partition coefficient (Wildman–Crippen LogP) is 5.51. The number of amides is 1. The van der Waals surface area contributed by atoms with Gasteiger partial charge in [-0.1, -0.05) is 31.8 Å². The van der Waals surface area contributed by atoms with Crippen LogP contribution >= 0.6 is 0 Å². The number of piperidine rings is 1. The number of carbonyl (C=O) groups is 1. The molecule has 0 bridgehead atoms. The van der Waals surface area contributed by atoms with Gasteiger partial charge in [-0.05, 0) is 69.5 Å². The minimum Gasteiger partial charge on any atom is -0.444 e. The van der Waals surface area contributed by atoms with Gasteiger partial charge in [-0.2, -0.15) is 0 Å². The highest BCUT2D eigenvalue weighted by atomic mass is 28.3. The van der Waals surface area contributed by atoms with E-state index in [9.17, 15) is 14.0 Å². The summed E-state index contributed by atoms with van der Waals surface area (Å²) in [6, 6.07) is 7.19. The van der Waals surface area contributed by atoms with Gasteiger partial charge >= 0.3 is 11.8 Å². The maximum Gasteiger partial charge on any atom is 0.410 e. The number of hydrogen-bond acceptors (Lipinski definition) is 5. The Morgan fingerprint density at radius 3 is 2.54 bits per heavy atom. The van der Waals surface area contributed by atoms with Gasteiger partial charge in [-0.15, -0.1) is 0 Å². The molecule has 4 rings (SSSR count). The van der Waals surface area contributed by atoms with Crippen LogP contribution in [-0.4, -0.2) is 72.4 Å². The lowest BCUT2D eigenvalue weighted by Crippen LogP contribution is -2.50. The van der Waals surface area contributed by atoms with Crippen LogP contribution in [0.4, 0.5) is 9.18 Å². The minimum absolute atomic E-state index is 0.00173. The van der Waals surface area contributed by atoms with Crippen LogP contribution in [0.2, 0.25) is 25.7 Å². The van der Waals surface area contributed by atoms with Crippen molar-refractivity contribution in [2.45, 2.75) is 96.2 Å². The van der Waals surface area contributed by atoms with E-state index in [0.717, 1.165) is 29.9 Å². The number of carbonyl (C=O) groups excluding carboxylic acids is 1. The second kappa shape index (κ2) is 11.7. The molecule has 1 saturated heterocycles. The number of aryl methyl sites for hydroxylation is 1. The zero-order valence-corrected chi connectivity index (χ0v) is 25.7. The van der Waals surface area contributed by atoms with Crippen LogP contribution in [0.5, 0.6) is 0 Å². The predicted molar refractivity (Wildman–Crippen MR) is 154 cm³/mol. The second-order valence-corrected chi connectivity index (χ2v) is 19.1. The summed E-state index contributed by atoms with van der Waals surface area (Å²) >= 11 is 0. The number of hydrogen-bond donors (Lipinski definition) is 0. The van der Waals surface area contributed by atoms with Crippen LogP contribution in [0, 0.1) is 5.92 Å². The molecular weight excluding hydrogens is 517 g/mol. The smallest absolute Gasteiger partial charge is 0.410 e. The van der Waals surface area contributed by atoms with Gasteiger partial charge < -0.3 is 19.1 Å². The molecule has 2 atom stereocenters. The lowest BCUT2D eigenvalue weighted by atomic mass is 9.71. The van der Waals surface area contributed by atoms with Gasteiger partial charge in [0.25, 0.3) is 0 Å². The van der Waals surface area contributed by atoms with Crippen molar-refractivity contribution < 1.29 is 23.4 Å². The molecule has 1 aliphatic carbocycles. The number of likely N-dealkylation sites (tertiary alicyclic amines) is 1. The van der Waals surface area contributed by atoms with Crippen molar-refractivity contribution in [2.75, 3.05) is 26.3 Å². The molecule has 10 heteroatoms. The third-order valence-electron chi connectivity index (χ3n) is 7.76. The zero-order chi connectivity index (χ0) is 28.5. The van der Waals surface area contributed by atoms with Gasteiger partial charge in [0.1, 0.15) is 18.5 Å². The lowest BCUT2D eigenvalue weighted by molar-refractivity contribution is -0.0693. The Bertz CT molecular complexity index is 1210. The monoisotopic (exact) mass is 563 g/mol. The first kappa shape index (κ1) is 29.8. The number of halogens is 1. The summed E-state index contributed by atoms with van der Waals surface area (Å²) in [5.41, 5.74) is 2.40. The molecule has 2 aromatic rings. The van der Waals surface area contributed by atoms with E-state index in [-0.39, 0.29) is 19.0 Å². The van der Waals surface area contributed by atoms with Crippen LogP contribution in [0.1, 0.15) is 51.5 Å². The van der Waals surface area contributed by atoms with Gasteiger partial charge in [0.2, 0.25) is 0 Å². The third kappa shape index (κ3) is 7.32. The van der Waals surface area contributed by atoms with Crippen molar-refractivity contribution in [1.82, 2.24) is 14.0 Å². The number of para-hydroxylation sites is 1. The summed E-state index contributed by atoms with van der Waals surface area (Å²) < 4.78 is 35.6. The normalized spacial score (nSPS) is 24.2. The molecule has 1 amide bonds. The van der Waals surface area contributed by atoms with Gasteiger partial charge in [0.15, 0.2) is 0 Å². The molecule has 218 valence electrons. The maximum absolute atomic E-state index is 14.8. The summed E-state index contributed by atoms with van der Waals surface area (Å²) in [6.45, 7) is 14.2. The van der Waals surface area contributed by atoms with Crippen LogP contribution in [0.3, 0.4) is 0 Å². The van der Waals surface area contributed by atoms with Gasteiger partial charge in [0, 0.05) is 34.9 Å². The number of imidazole rings is 1. The Morgan fingerprint density at radius 1 is 1.18 bits per heavy atom. The molecule has 0 spiro atoms. The molecule has 0 unspecified atom stereocenters. The molecule has 0 N–H and O–H groups in total. The first-order valence-electron chi connectivity index (χ1n) is 14.2. The van der Waals surface area contributed by atoms with Crippen molar-refractivity contribution in [1.29, 1.82) is 0 Å². The molecule has 1 saturated carbocycles. The highest BCUT2D eigenvalue weighted by Crippen LogP contribution is 2.44. The molecule has 1 aromatic carbocycles. The first-order chi connectivity index (χ1) is 18.2. The maximum atomic E-state index is 14.8. The van der Waals surface area contributed by atoms with Crippen molar-refractivity contribution in [2.24, 2.45) is 13.0 Å². The van der Waals surface area contributed by atoms with Crippen molar-refractivity contribution in [3.63, 3.8) is 0 Å². The molecule has 1 aromatic heterocycles. The summed E-state index contributed by atoms with van der Waals surface area (Å²) in [7, 11) is 0.638. The Hall–Kier alpha value is -2.17. The average molecular weight is 564 g/mol. The van der Waals surface area contributed by atoms with Gasteiger partial charge in [-0.3, -0.25) is 9.13 Å². The Labute approximate surface area is 232 Å². The Kier molecular flexibility index (Phi) is 8.97. The fourth-order valence-electron chi connectivity index (χ4n) is 5.45. The lowest BCUT2D eigenvalue weighted by Gasteiger charge is -2.39. The molecule has 2 aliphatic rings. The van der Waals surface area contributed by atoms with Crippen LogP contribution in [0.15, 0.2) is 23.0 Å². The Balaban J connectivity index is 1.30. The van der Waals surface area contributed by atoms with E-state index in [1.165, 1.54) is 10.5 Å². The van der Waals surface area contributed by atoms with E-state index >= 15 is 0 Å². The number of alkyl halides is 1.